The van der Waals surface area contributed by atoms with Crippen LogP contribution in [0, 0.1) is 0 Å². The molecule has 0 bridgehead atoms. The van der Waals surface area contributed by atoms with E-state index in [0.717, 1.165) is 30.9 Å². The maximum atomic E-state index is 12.2. The molecule has 4 nitrogen and oxygen atoms in total. The van der Waals surface area contributed by atoms with Crippen LogP contribution in [-0.4, -0.2) is 23.6 Å². The van der Waals surface area contributed by atoms with E-state index in [4.69, 9.17) is 0 Å². The molecule has 2 aromatic carbocycles. The minimum atomic E-state index is -0.193. The van der Waals surface area contributed by atoms with Crippen LogP contribution >= 0.6 is 11.3 Å². The number of nitrogens with one attached hydrogen (secondary N) is 1. The van der Waals surface area contributed by atoms with Gasteiger partial charge in [0.05, 0.1) is 6.21 Å². The van der Waals surface area contributed by atoms with Crippen molar-refractivity contribution < 1.29 is 4.79 Å². The van der Waals surface area contributed by atoms with Gasteiger partial charge in [-0.3, -0.25) is 9.69 Å². The number of nitrogens with zero attached hydrogens (tertiary/aromatic N) is 2. The molecule has 2 heterocycles. The first-order valence-electron chi connectivity index (χ1n) is 9.03. The van der Waals surface area contributed by atoms with Crippen LogP contribution in [0.25, 0.3) is 0 Å². The Bertz CT molecular complexity index is 932. The minimum absolute atomic E-state index is 0.193. The smallest absolute Gasteiger partial charge is 0.271 e. The third-order valence-electron chi connectivity index (χ3n) is 4.73. The van der Waals surface area contributed by atoms with E-state index in [1.165, 1.54) is 16.7 Å². The summed E-state index contributed by atoms with van der Waals surface area (Å²) >= 11 is 1.58. The summed E-state index contributed by atoms with van der Waals surface area (Å²) in [4.78, 5) is 15.6. The molecule has 0 fully saturated rings. The Morgan fingerprint density at radius 3 is 2.67 bits per heavy atom. The molecule has 1 aliphatic heterocycles. The number of carbonyl (C=O) groups is 1. The molecule has 0 saturated heterocycles. The van der Waals surface area contributed by atoms with Crippen molar-refractivity contribution in [1.82, 2.24) is 10.3 Å². The molecule has 1 amide bonds. The third-order valence-corrected chi connectivity index (χ3v) is 5.54. The highest BCUT2D eigenvalue weighted by Crippen LogP contribution is 2.20. The number of hydrazone groups is 1. The van der Waals surface area contributed by atoms with E-state index in [-0.39, 0.29) is 5.91 Å². The van der Waals surface area contributed by atoms with E-state index in [9.17, 15) is 4.79 Å². The van der Waals surface area contributed by atoms with E-state index >= 15 is 0 Å². The molecule has 0 unspecified atom stereocenters. The van der Waals surface area contributed by atoms with Crippen LogP contribution in [0.1, 0.15) is 31.9 Å². The average Bonchev–Trinajstić information content (AvgIpc) is 3.22. The Balaban J connectivity index is 1.33. The van der Waals surface area contributed by atoms with Crippen LogP contribution in [0.3, 0.4) is 0 Å². The second-order valence-corrected chi connectivity index (χ2v) is 7.62. The van der Waals surface area contributed by atoms with Crippen LogP contribution in [0.4, 0.5) is 0 Å². The van der Waals surface area contributed by atoms with Gasteiger partial charge in [0, 0.05) is 30.1 Å². The zero-order chi connectivity index (χ0) is 18.5. The fourth-order valence-electron chi connectivity index (χ4n) is 3.29. The maximum absolute atomic E-state index is 12.2. The maximum Gasteiger partial charge on any atom is 0.271 e. The van der Waals surface area contributed by atoms with Gasteiger partial charge in [-0.15, -0.1) is 11.3 Å². The van der Waals surface area contributed by atoms with Gasteiger partial charge >= 0.3 is 0 Å². The molecule has 3 aromatic rings. The molecule has 1 aromatic heterocycles. The zero-order valence-electron chi connectivity index (χ0n) is 15.0. The first-order valence-corrected chi connectivity index (χ1v) is 9.91. The zero-order valence-corrected chi connectivity index (χ0v) is 15.8. The van der Waals surface area contributed by atoms with Gasteiger partial charge in [0.15, 0.2) is 0 Å². The fourth-order valence-corrected chi connectivity index (χ4v) is 3.88. The predicted molar refractivity (Wildman–Crippen MR) is 110 cm³/mol. The Kier molecular flexibility index (Phi) is 5.42. The standard InChI is InChI=1S/C22H21N3OS/c26-22(24-23-14-21-6-3-13-27-21)19-9-7-17(8-10-19)15-25-12-11-18-4-1-2-5-20(18)16-25/h1-10,13-14H,11-12,15-16H2,(H,24,26)/b23-14-. The lowest BCUT2D eigenvalue weighted by Crippen LogP contribution is -2.30. The predicted octanol–water partition coefficient (Wildman–Crippen LogP) is 4.07. The number of rotatable bonds is 5. The second kappa shape index (κ2) is 8.29. The van der Waals surface area contributed by atoms with Crippen molar-refractivity contribution in [3.63, 3.8) is 0 Å². The lowest BCUT2D eigenvalue weighted by Gasteiger charge is -2.28. The van der Waals surface area contributed by atoms with Crippen molar-refractivity contribution in [2.45, 2.75) is 19.5 Å². The van der Waals surface area contributed by atoms with Crippen molar-refractivity contribution >= 4 is 23.5 Å². The number of benzene rings is 2. The van der Waals surface area contributed by atoms with Gasteiger partial charge in [0.1, 0.15) is 0 Å². The number of hydrogen-bond donors (Lipinski definition) is 1. The van der Waals surface area contributed by atoms with E-state index in [1.807, 2.05) is 41.8 Å². The van der Waals surface area contributed by atoms with Crippen LogP contribution in [0.5, 0.6) is 0 Å². The first-order chi connectivity index (χ1) is 13.3. The highest BCUT2D eigenvalue weighted by Gasteiger charge is 2.15. The van der Waals surface area contributed by atoms with Crippen molar-refractivity contribution in [3.05, 3.63) is 93.2 Å². The molecule has 136 valence electrons. The summed E-state index contributed by atoms with van der Waals surface area (Å²) in [5, 5.41) is 5.98. The summed E-state index contributed by atoms with van der Waals surface area (Å²) in [7, 11) is 0. The lowest BCUT2D eigenvalue weighted by molar-refractivity contribution is 0.0955. The Labute approximate surface area is 163 Å². The van der Waals surface area contributed by atoms with Crippen LogP contribution in [-0.2, 0) is 19.5 Å². The van der Waals surface area contributed by atoms with Crippen molar-refractivity contribution in [2.75, 3.05) is 6.54 Å². The molecule has 27 heavy (non-hydrogen) atoms. The molecule has 0 radical (unpaired) electrons. The topological polar surface area (TPSA) is 44.7 Å². The van der Waals surface area contributed by atoms with E-state index < -0.39 is 0 Å². The highest BCUT2D eigenvalue weighted by molar-refractivity contribution is 7.11. The van der Waals surface area contributed by atoms with Crippen molar-refractivity contribution in [2.24, 2.45) is 5.10 Å². The molecule has 4 rings (SSSR count). The summed E-state index contributed by atoms with van der Waals surface area (Å²) in [6.45, 7) is 2.94. The number of hydrogen-bond acceptors (Lipinski definition) is 4. The van der Waals surface area contributed by atoms with Gasteiger partial charge in [-0.25, -0.2) is 5.43 Å². The SMILES string of the molecule is O=C(N/N=C\c1cccs1)c1ccc(CN2CCc3ccccc3C2)cc1. The highest BCUT2D eigenvalue weighted by atomic mass is 32.1. The largest absolute Gasteiger partial charge is 0.294 e. The third kappa shape index (κ3) is 4.51. The average molecular weight is 375 g/mol. The van der Waals surface area contributed by atoms with Crippen LogP contribution in [0.15, 0.2) is 71.1 Å². The Morgan fingerprint density at radius 2 is 1.89 bits per heavy atom. The molecule has 0 aliphatic carbocycles. The van der Waals surface area contributed by atoms with Gasteiger partial charge in [-0.05, 0) is 46.7 Å². The lowest BCUT2D eigenvalue weighted by atomic mass is 9.99. The van der Waals surface area contributed by atoms with Crippen molar-refractivity contribution in [3.8, 4) is 0 Å². The van der Waals surface area contributed by atoms with Gasteiger partial charge in [0.25, 0.3) is 5.91 Å². The molecule has 0 spiro atoms. The van der Waals surface area contributed by atoms with Crippen molar-refractivity contribution in [1.29, 1.82) is 0 Å². The first kappa shape index (κ1) is 17.6. The van der Waals surface area contributed by atoms with Crippen LogP contribution < -0.4 is 5.43 Å². The summed E-state index contributed by atoms with van der Waals surface area (Å²) in [5.74, 6) is -0.193. The number of carbonyl (C=O) groups excluding carboxylic acids is 1. The number of thiophene rings is 1. The summed E-state index contributed by atoms with van der Waals surface area (Å²) in [6, 6.07) is 20.3. The van der Waals surface area contributed by atoms with Gasteiger partial charge in [0.2, 0.25) is 0 Å². The second-order valence-electron chi connectivity index (χ2n) is 6.64. The number of amides is 1. The minimum Gasteiger partial charge on any atom is -0.294 e. The molecular formula is C22H21N3OS. The van der Waals surface area contributed by atoms with Gasteiger partial charge in [-0.1, -0.05) is 42.5 Å². The fraction of sp³-hybridized carbons (Fsp3) is 0.182. The quantitative estimate of drug-likeness (QED) is 0.540. The normalized spacial score (nSPS) is 14.2. The Hall–Kier alpha value is -2.76. The molecule has 1 N–H and O–H groups in total. The number of fused-ring (bicyclic) bond motifs is 1. The molecule has 0 atom stereocenters. The molecular weight excluding hydrogens is 354 g/mol. The molecule has 5 heteroatoms. The monoisotopic (exact) mass is 375 g/mol. The summed E-state index contributed by atoms with van der Waals surface area (Å²) in [6.07, 6.45) is 2.75. The van der Waals surface area contributed by atoms with Gasteiger partial charge in [-0.2, -0.15) is 5.10 Å². The van der Waals surface area contributed by atoms with Crippen LogP contribution in [0.2, 0.25) is 0 Å². The van der Waals surface area contributed by atoms with Gasteiger partial charge < -0.3 is 0 Å². The molecule has 1 aliphatic rings. The van der Waals surface area contributed by atoms with E-state index in [2.05, 4.69) is 39.7 Å². The molecule has 0 saturated carbocycles. The summed E-state index contributed by atoms with van der Waals surface area (Å²) in [5.41, 5.74) is 7.29. The van der Waals surface area contributed by atoms with E-state index in [1.54, 1.807) is 17.6 Å². The Morgan fingerprint density at radius 1 is 1.07 bits per heavy atom. The van der Waals surface area contributed by atoms with E-state index in [0.29, 0.717) is 5.56 Å². The summed E-state index contributed by atoms with van der Waals surface area (Å²) < 4.78 is 0.